The van der Waals surface area contributed by atoms with Crippen LogP contribution in [0.1, 0.15) is 25.7 Å². The Balaban J connectivity index is 1.39. The summed E-state index contributed by atoms with van der Waals surface area (Å²) in [6.45, 7) is 15.0. The van der Waals surface area contributed by atoms with Crippen molar-refractivity contribution in [2.45, 2.75) is 82.8 Å². The average Bonchev–Trinajstić information content (AvgIpc) is 3.74. The van der Waals surface area contributed by atoms with Gasteiger partial charge in [0, 0.05) is 23.5 Å². The third-order valence-corrected chi connectivity index (χ3v) is 11.6. The number of aryl methyl sites for hydroxylation is 1. The van der Waals surface area contributed by atoms with E-state index < -0.39 is 26.5 Å². The number of rotatable bonds is 16. The molecule has 0 saturated carbocycles. The standard InChI is InChI=1S/C36H47N5O5SSi2/c1-27(32(46-49(5,6)7)25-26-47(42,43)36-38-39-40-41(36)30-21-15-10-16-22-30)31(45-48(2,3)4)23-24-33-37-34(28-17-11-8-12-18-28)35(44-33)29-19-13-9-14-20-29/h8-22,27,31-32H,23-26H2,1-7H3/t27-,31-,32+/m1/s1. The van der Waals surface area contributed by atoms with E-state index in [0.717, 1.165) is 22.6 Å². The van der Waals surface area contributed by atoms with Gasteiger partial charge in [0.25, 0.3) is 5.16 Å². The Morgan fingerprint density at radius 2 is 1.29 bits per heavy atom. The lowest BCUT2D eigenvalue weighted by Gasteiger charge is -2.37. The summed E-state index contributed by atoms with van der Waals surface area (Å²) in [5, 5.41) is 11.4. The molecule has 0 fully saturated rings. The van der Waals surface area contributed by atoms with Crippen LogP contribution in [-0.2, 0) is 25.1 Å². The second-order valence-corrected chi connectivity index (χ2v) is 25.2. The molecule has 3 aromatic carbocycles. The molecular weight excluding hydrogens is 671 g/mol. The molecule has 5 rings (SSSR count). The summed E-state index contributed by atoms with van der Waals surface area (Å²) in [7, 11) is -7.97. The second kappa shape index (κ2) is 15.4. The molecule has 3 atom stereocenters. The van der Waals surface area contributed by atoms with Crippen molar-refractivity contribution in [3.8, 4) is 28.3 Å². The van der Waals surface area contributed by atoms with Gasteiger partial charge < -0.3 is 13.3 Å². The number of benzene rings is 3. The maximum Gasteiger partial charge on any atom is 0.272 e. The minimum absolute atomic E-state index is 0.115. The highest BCUT2D eigenvalue weighted by atomic mass is 32.2. The van der Waals surface area contributed by atoms with Crippen molar-refractivity contribution >= 4 is 26.5 Å². The number of hydrogen-bond acceptors (Lipinski definition) is 9. The number of sulfone groups is 1. The minimum Gasteiger partial charge on any atom is -0.440 e. The molecule has 0 bridgehead atoms. The fraction of sp³-hybridized carbons (Fsp3) is 0.389. The molecule has 13 heteroatoms. The predicted molar refractivity (Wildman–Crippen MR) is 197 cm³/mol. The molecule has 49 heavy (non-hydrogen) atoms. The first-order valence-corrected chi connectivity index (χ1v) is 25.2. The van der Waals surface area contributed by atoms with Gasteiger partial charge in [0.1, 0.15) is 5.69 Å². The summed E-state index contributed by atoms with van der Waals surface area (Å²) in [5.41, 5.74) is 3.34. The summed E-state index contributed by atoms with van der Waals surface area (Å²) in [6.07, 6.45) is 0.886. The van der Waals surface area contributed by atoms with E-state index in [1.807, 2.05) is 78.9 Å². The van der Waals surface area contributed by atoms with Gasteiger partial charge in [-0.2, -0.15) is 4.68 Å². The summed E-state index contributed by atoms with van der Waals surface area (Å²) in [4.78, 5) is 4.98. The van der Waals surface area contributed by atoms with Crippen molar-refractivity contribution < 1.29 is 21.7 Å². The van der Waals surface area contributed by atoms with Gasteiger partial charge in [-0.15, -0.1) is 0 Å². The lowest BCUT2D eigenvalue weighted by atomic mass is 9.93. The Hall–Kier alpha value is -3.76. The van der Waals surface area contributed by atoms with Crippen molar-refractivity contribution in [2.75, 3.05) is 5.75 Å². The SMILES string of the molecule is C[C@@H]([C@H](CCS(=O)(=O)c1nnnn1-c1ccccc1)O[Si](C)(C)C)[C@@H](CCc1nc(-c2ccccc2)c(-c2ccccc2)o1)O[Si](C)(C)C. The molecule has 10 nitrogen and oxygen atoms in total. The molecule has 0 saturated heterocycles. The molecule has 0 aliphatic carbocycles. The monoisotopic (exact) mass is 717 g/mol. The van der Waals surface area contributed by atoms with Crippen LogP contribution in [0.4, 0.5) is 0 Å². The van der Waals surface area contributed by atoms with Crippen LogP contribution < -0.4 is 0 Å². The van der Waals surface area contributed by atoms with Crippen molar-refractivity contribution in [2.24, 2.45) is 5.92 Å². The number of aromatic nitrogens is 5. The Morgan fingerprint density at radius 3 is 1.86 bits per heavy atom. The lowest BCUT2D eigenvalue weighted by Crippen LogP contribution is -2.44. The Kier molecular flexibility index (Phi) is 11.5. The first kappa shape index (κ1) is 36.5. The molecule has 2 heterocycles. The highest BCUT2D eigenvalue weighted by Crippen LogP contribution is 2.34. The Labute approximate surface area is 292 Å². The van der Waals surface area contributed by atoms with Crippen LogP contribution >= 0.6 is 0 Å². The molecule has 0 radical (unpaired) electrons. The molecule has 0 aliphatic heterocycles. The molecule has 2 aromatic heterocycles. The third kappa shape index (κ3) is 9.91. The summed E-state index contributed by atoms with van der Waals surface area (Å²) in [5.74, 6) is 1.09. The molecule has 0 spiro atoms. The zero-order valence-electron chi connectivity index (χ0n) is 29.4. The Bertz CT molecular complexity index is 1830. The molecular formula is C36H47N5O5SSi2. The molecule has 0 aliphatic rings. The van der Waals surface area contributed by atoms with Crippen molar-refractivity contribution in [1.82, 2.24) is 25.2 Å². The first-order valence-electron chi connectivity index (χ1n) is 16.7. The second-order valence-electron chi connectivity index (χ2n) is 14.3. The fourth-order valence-corrected chi connectivity index (χ4v) is 9.56. The third-order valence-electron chi connectivity index (χ3n) is 7.97. The van der Waals surface area contributed by atoms with Crippen LogP contribution in [0.25, 0.3) is 28.3 Å². The van der Waals surface area contributed by atoms with E-state index in [2.05, 4.69) is 61.7 Å². The van der Waals surface area contributed by atoms with Crippen molar-refractivity contribution in [3.63, 3.8) is 0 Å². The number of tetrazole rings is 1. The van der Waals surface area contributed by atoms with Gasteiger partial charge in [0.2, 0.25) is 9.84 Å². The van der Waals surface area contributed by atoms with Crippen LogP contribution in [0.2, 0.25) is 39.3 Å². The average molecular weight is 718 g/mol. The van der Waals surface area contributed by atoms with Crippen LogP contribution in [0.5, 0.6) is 0 Å². The van der Waals surface area contributed by atoms with E-state index in [4.69, 9.17) is 18.3 Å². The fourth-order valence-electron chi connectivity index (χ4n) is 5.79. The van der Waals surface area contributed by atoms with Gasteiger partial charge in [0.15, 0.2) is 28.3 Å². The predicted octanol–water partition coefficient (Wildman–Crippen LogP) is 7.86. The van der Waals surface area contributed by atoms with E-state index in [1.54, 1.807) is 12.1 Å². The zero-order valence-corrected chi connectivity index (χ0v) is 32.2. The van der Waals surface area contributed by atoms with Gasteiger partial charge in [-0.3, -0.25) is 0 Å². The number of para-hydroxylation sites is 1. The zero-order chi connectivity index (χ0) is 35.2. The van der Waals surface area contributed by atoms with E-state index in [9.17, 15) is 8.42 Å². The minimum atomic E-state index is -3.85. The maximum atomic E-state index is 13.7. The number of hydrogen-bond donors (Lipinski definition) is 0. The van der Waals surface area contributed by atoms with E-state index in [-0.39, 0.29) is 35.5 Å². The van der Waals surface area contributed by atoms with Gasteiger partial charge >= 0.3 is 0 Å². The van der Waals surface area contributed by atoms with Crippen LogP contribution in [0.15, 0.2) is 101 Å². The normalized spacial score (nSPS) is 14.4. The van der Waals surface area contributed by atoms with Crippen molar-refractivity contribution in [3.05, 3.63) is 96.9 Å². The highest BCUT2D eigenvalue weighted by Gasteiger charge is 2.36. The number of nitrogens with zero attached hydrogens (tertiary/aromatic N) is 5. The van der Waals surface area contributed by atoms with Crippen LogP contribution in [0, 0.1) is 5.92 Å². The number of oxazole rings is 1. The van der Waals surface area contributed by atoms with Crippen LogP contribution in [-0.4, -0.2) is 68.2 Å². The largest absolute Gasteiger partial charge is 0.440 e. The molecule has 0 unspecified atom stereocenters. The van der Waals surface area contributed by atoms with Gasteiger partial charge in [-0.05, 0) is 74.7 Å². The quantitative estimate of drug-likeness (QED) is 0.0939. The van der Waals surface area contributed by atoms with E-state index in [0.29, 0.717) is 24.4 Å². The maximum absolute atomic E-state index is 13.7. The molecule has 0 amide bonds. The van der Waals surface area contributed by atoms with Crippen molar-refractivity contribution in [1.29, 1.82) is 0 Å². The van der Waals surface area contributed by atoms with E-state index in [1.165, 1.54) is 4.68 Å². The summed E-state index contributed by atoms with van der Waals surface area (Å²) < 4.78 is 48.7. The summed E-state index contributed by atoms with van der Waals surface area (Å²) >= 11 is 0. The highest BCUT2D eigenvalue weighted by molar-refractivity contribution is 7.91. The topological polar surface area (TPSA) is 122 Å². The van der Waals surface area contributed by atoms with Crippen LogP contribution in [0.3, 0.4) is 0 Å². The molecule has 0 N–H and O–H groups in total. The lowest BCUT2D eigenvalue weighted by molar-refractivity contribution is 0.0353. The first-order chi connectivity index (χ1) is 23.2. The van der Waals surface area contributed by atoms with Gasteiger partial charge in [-0.1, -0.05) is 90.9 Å². The van der Waals surface area contributed by atoms with E-state index >= 15 is 0 Å². The molecule has 5 aromatic rings. The summed E-state index contributed by atoms with van der Waals surface area (Å²) in [6, 6.07) is 29.1. The van der Waals surface area contributed by atoms with Gasteiger partial charge in [-0.25, -0.2) is 13.4 Å². The molecule has 260 valence electrons. The smallest absolute Gasteiger partial charge is 0.272 e. The Morgan fingerprint density at radius 1 is 0.755 bits per heavy atom. The van der Waals surface area contributed by atoms with Gasteiger partial charge in [0.05, 0.1) is 23.6 Å².